The van der Waals surface area contributed by atoms with Crippen LogP contribution in [0.4, 0.5) is 0 Å². The third-order valence-corrected chi connectivity index (χ3v) is 5.99. The van der Waals surface area contributed by atoms with E-state index >= 15 is 0 Å². The van der Waals surface area contributed by atoms with Crippen molar-refractivity contribution < 1.29 is 9.53 Å². The molecule has 1 aliphatic heterocycles. The molecule has 1 amide bonds. The van der Waals surface area contributed by atoms with E-state index in [-0.39, 0.29) is 5.91 Å². The summed E-state index contributed by atoms with van der Waals surface area (Å²) in [7, 11) is 1.64. The highest BCUT2D eigenvalue weighted by atomic mass is 79.9. The second-order valence-corrected chi connectivity index (χ2v) is 6.96. The van der Waals surface area contributed by atoms with Crippen LogP contribution in [0.25, 0.3) is 0 Å². The number of carbonyl (C=O) groups excluding carboxylic acids is 1. The van der Waals surface area contributed by atoms with Gasteiger partial charge in [0.05, 0.1) is 16.2 Å². The van der Waals surface area contributed by atoms with Crippen molar-refractivity contribution in [3.05, 3.63) is 49.7 Å². The molecule has 0 radical (unpaired) electrons. The number of methoxy groups -OCH3 is 1. The van der Waals surface area contributed by atoms with E-state index in [4.69, 9.17) is 4.74 Å². The first-order valence-electron chi connectivity index (χ1n) is 7.00. The molecule has 22 heavy (non-hydrogen) atoms. The van der Waals surface area contributed by atoms with Crippen molar-refractivity contribution in [3.8, 4) is 5.75 Å². The van der Waals surface area contributed by atoms with Crippen LogP contribution in [0.1, 0.15) is 27.2 Å². The lowest BCUT2D eigenvalue weighted by atomic mass is 10.1. The number of carbonyl (C=O) groups is 1. The number of hydrogen-bond donors (Lipinski definition) is 1. The molecule has 3 rings (SSSR count). The Balaban J connectivity index is 1.85. The molecule has 4 nitrogen and oxygen atoms in total. The molecule has 0 aliphatic carbocycles. The Hall–Kier alpha value is -1.27. The number of aryl methyl sites for hydroxylation is 1. The molecule has 116 valence electrons. The Morgan fingerprint density at radius 3 is 2.82 bits per heavy atom. The van der Waals surface area contributed by atoms with E-state index in [1.165, 1.54) is 5.69 Å². The smallest absolute Gasteiger partial charge is 0.254 e. The zero-order valence-corrected chi connectivity index (χ0v) is 15.5. The summed E-state index contributed by atoms with van der Waals surface area (Å²) in [5.74, 6) is 0.857. The molecule has 1 N–H and O–H groups in total. The maximum atomic E-state index is 12.7. The summed E-state index contributed by atoms with van der Waals surface area (Å²) < 4.78 is 7.19. The van der Waals surface area contributed by atoms with Crippen LogP contribution in [0.3, 0.4) is 0 Å². The van der Waals surface area contributed by atoms with Gasteiger partial charge in [0, 0.05) is 36.3 Å². The molecule has 1 aromatic carbocycles. The molecule has 0 bridgehead atoms. The lowest BCUT2D eigenvalue weighted by Crippen LogP contribution is -2.35. The highest BCUT2D eigenvalue weighted by Gasteiger charge is 2.26. The van der Waals surface area contributed by atoms with Crippen LogP contribution in [0.15, 0.2) is 27.3 Å². The van der Waals surface area contributed by atoms with Gasteiger partial charge in [-0.25, -0.2) is 0 Å². The molecule has 0 spiro atoms. The molecule has 1 aliphatic rings. The highest BCUT2D eigenvalue weighted by molar-refractivity contribution is 9.13. The molecule has 2 heterocycles. The first kappa shape index (κ1) is 15.6. The van der Waals surface area contributed by atoms with Crippen LogP contribution in [0.5, 0.6) is 5.75 Å². The van der Waals surface area contributed by atoms with Crippen molar-refractivity contribution in [1.29, 1.82) is 0 Å². The third kappa shape index (κ3) is 2.70. The minimum absolute atomic E-state index is 0.0561. The van der Waals surface area contributed by atoms with E-state index in [1.807, 2.05) is 30.0 Å². The Morgan fingerprint density at radius 1 is 1.36 bits per heavy atom. The fourth-order valence-corrected chi connectivity index (χ4v) is 3.73. The summed E-state index contributed by atoms with van der Waals surface area (Å²) in [6, 6.07) is 5.56. The summed E-state index contributed by atoms with van der Waals surface area (Å²) in [4.78, 5) is 17.9. The van der Waals surface area contributed by atoms with E-state index in [9.17, 15) is 4.79 Å². The Labute approximate surface area is 146 Å². The molecule has 2 aromatic rings. The van der Waals surface area contributed by atoms with Crippen molar-refractivity contribution in [2.24, 2.45) is 0 Å². The maximum Gasteiger partial charge on any atom is 0.254 e. The molecule has 0 fully saturated rings. The van der Waals surface area contributed by atoms with Gasteiger partial charge in [-0.3, -0.25) is 4.79 Å². The predicted molar refractivity (Wildman–Crippen MR) is 92.4 cm³/mol. The Bertz CT molecular complexity index is 740. The van der Waals surface area contributed by atoms with Gasteiger partial charge in [0.2, 0.25) is 0 Å². The molecule has 0 atom stereocenters. The van der Waals surface area contributed by atoms with Gasteiger partial charge < -0.3 is 14.6 Å². The van der Waals surface area contributed by atoms with Crippen LogP contribution in [-0.2, 0) is 13.0 Å². The SMILES string of the molecule is COc1ccc(C(=O)N2CCc3[nH]c(Br)c(Br)c3C2)cc1C. The molecular formula is C16H16Br2N2O2. The third-order valence-electron chi connectivity index (χ3n) is 3.99. The van der Waals surface area contributed by atoms with E-state index in [1.54, 1.807) is 7.11 Å². The standard InChI is InChI=1S/C16H16Br2N2O2/c1-9-7-10(3-4-13(9)22-2)16(21)20-6-5-12-11(8-20)14(17)15(18)19-12/h3-4,7,19H,5-6,8H2,1-2H3. The minimum Gasteiger partial charge on any atom is -0.496 e. The normalized spacial score (nSPS) is 13.9. The van der Waals surface area contributed by atoms with Crippen LogP contribution in [0, 0.1) is 6.92 Å². The summed E-state index contributed by atoms with van der Waals surface area (Å²) in [5.41, 5.74) is 4.01. The van der Waals surface area contributed by atoms with Crippen molar-refractivity contribution in [2.75, 3.05) is 13.7 Å². The maximum absolute atomic E-state index is 12.7. The average molecular weight is 428 g/mol. The molecular weight excluding hydrogens is 412 g/mol. The molecule has 6 heteroatoms. The number of ether oxygens (including phenoxy) is 1. The van der Waals surface area contributed by atoms with Crippen molar-refractivity contribution >= 4 is 37.8 Å². The average Bonchev–Trinajstić information content (AvgIpc) is 2.81. The monoisotopic (exact) mass is 426 g/mol. The topological polar surface area (TPSA) is 45.3 Å². The number of aromatic amines is 1. The van der Waals surface area contributed by atoms with Gasteiger partial charge in [0.1, 0.15) is 5.75 Å². The van der Waals surface area contributed by atoms with Gasteiger partial charge in [-0.05, 0) is 62.5 Å². The number of halogens is 2. The van der Waals surface area contributed by atoms with E-state index in [0.717, 1.165) is 38.9 Å². The number of aromatic nitrogens is 1. The van der Waals surface area contributed by atoms with E-state index < -0.39 is 0 Å². The zero-order valence-electron chi connectivity index (χ0n) is 12.4. The number of H-pyrrole nitrogens is 1. The van der Waals surface area contributed by atoms with Gasteiger partial charge in [0.15, 0.2) is 0 Å². The first-order valence-corrected chi connectivity index (χ1v) is 8.58. The van der Waals surface area contributed by atoms with Crippen LogP contribution in [-0.4, -0.2) is 29.4 Å². The van der Waals surface area contributed by atoms with Gasteiger partial charge in [-0.15, -0.1) is 0 Å². The molecule has 0 saturated heterocycles. The number of hydrogen-bond acceptors (Lipinski definition) is 2. The largest absolute Gasteiger partial charge is 0.496 e. The second kappa shape index (κ2) is 6.08. The predicted octanol–water partition coefficient (Wildman–Crippen LogP) is 4.06. The summed E-state index contributed by atoms with van der Waals surface area (Å²) in [5, 5.41) is 0. The lowest BCUT2D eigenvalue weighted by molar-refractivity contribution is 0.0734. The lowest BCUT2D eigenvalue weighted by Gasteiger charge is -2.27. The number of amides is 1. The van der Waals surface area contributed by atoms with Gasteiger partial charge in [-0.1, -0.05) is 0 Å². The summed E-state index contributed by atoms with van der Waals surface area (Å²) in [6.45, 7) is 3.28. The number of nitrogens with one attached hydrogen (secondary N) is 1. The van der Waals surface area contributed by atoms with Crippen LogP contribution in [0.2, 0.25) is 0 Å². The second-order valence-electron chi connectivity index (χ2n) is 5.37. The first-order chi connectivity index (χ1) is 10.5. The zero-order chi connectivity index (χ0) is 15.9. The summed E-state index contributed by atoms with van der Waals surface area (Å²) in [6.07, 6.45) is 0.834. The number of fused-ring (bicyclic) bond motifs is 1. The number of nitrogens with zero attached hydrogens (tertiary/aromatic N) is 1. The van der Waals surface area contributed by atoms with Gasteiger partial charge >= 0.3 is 0 Å². The minimum atomic E-state index is 0.0561. The summed E-state index contributed by atoms with van der Waals surface area (Å²) >= 11 is 7.05. The van der Waals surface area contributed by atoms with Crippen LogP contribution >= 0.6 is 31.9 Å². The fourth-order valence-electron chi connectivity index (χ4n) is 2.79. The van der Waals surface area contributed by atoms with Crippen LogP contribution < -0.4 is 4.74 Å². The van der Waals surface area contributed by atoms with E-state index in [2.05, 4.69) is 36.8 Å². The van der Waals surface area contributed by atoms with E-state index in [0.29, 0.717) is 12.1 Å². The molecule has 1 aromatic heterocycles. The highest BCUT2D eigenvalue weighted by Crippen LogP contribution is 2.33. The van der Waals surface area contributed by atoms with Gasteiger partial charge in [0.25, 0.3) is 5.91 Å². The number of benzene rings is 1. The fraction of sp³-hybridized carbons (Fsp3) is 0.312. The van der Waals surface area contributed by atoms with Crippen molar-refractivity contribution in [3.63, 3.8) is 0 Å². The Morgan fingerprint density at radius 2 is 2.14 bits per heavy atom. The quantitative estimate of drug-likeness (QED) is 0.785. The van der Waals surface area contributed by atoms with Gasteiger partial charge in [-0.2, -0.15) is 0 Å². The molecule has 0 unspecified atom stereocenters. The van der Waals surface area contributed by atoms with Crippen molar-refractivity contribution in [1.82, 2.24) is 9.88 Å². The van der Waals surface area contributed by atoms with Crippen molar-refractivity contribution in [2.45, 2.75) is 19.9 Å². The number of rotatable bonds is 2. The Kier molecular flexibility index (Phi) is 4.32. The molecule has 0 saturated carbocycles.